The van der Waals surface area contributed by atoms with Crippen LogP contribution in [0.15, 0.2) is 0 Å². The van der Waals surface area contributed by atoms with Crippen LogP contribution in [0.1, 0.15) is 40.5 Å². The molecule has 0 saturated heterocycles. The van der Waals surface area contributed by atoms with Crippen molar-refractivity contribution in [2.75, 3.05) is 26.4 Å². The van der Waals surface area contributed by atoms with Gasteiger partial charge in [-0.1, -0.05) is 0 Å². The molecule has 0 saturated carbocycles. The Labute approximate surface area is 120 Å². The van der Waals surface area contributed by atoms with Gasteiger partial charge in [-0.15, -0.1) is 0 Å². The second kappa shape index (κ2) is 8.21. The lowest BCUT2D eigenvalue weighted by molar-refractivity contribution is -0.149. The van der Waals surface area contributed by atoms with Crippen molar-refractivity contribution in [3.8, 4) is 0 Å². The topological polar surface area (TPSA) is 93.1 Å². The molecule has 0 fully saturated rings. The van der Waals surface area contributed by atoms with Crippen LogP contribution in [0, 0.1) is 10.8 Å². The van der Waals surface area contributed by atoms with Crippen molar-refractivity contribution in [3.05, 3.63) is 0 Å². The number of hydrogen-bond acceptors (Lipinski definition) is 4. The van der Waals surface area contributed by atoms with Crippen LogP contribution in [-0.2, 0) is 19.1 Å². The molecular formula is C14H26O6. The third-order valence-corrected chi connectivity index (χ3v) is 3.27. The molecule has 0 rings (SSSR count). The Balaban J connectivity index is 3.56. The predicted molar refractivity (Wildman–Crippen MR) is 73.7 cm³/mol. The zero-order valence-electron chi connectivity index (χ0n) is 12.8. The molecule has 0 radical (unpaired) electrons. The van der Waals surface area contributed by atoms with Gasteiger partial charge in [-0.25, -0.2) is 0 Å². The molecule has 0 aliphatic carbocycles. The minimum absolute atomic E-state index is 0.364. The maximum atomic E-state index is 10.8. The first kappa shape index (κ1) is 18.9. The van der Waals surface area contributed by atoms with E-state index in [0.717, 1.165) is 0 Å². The lowest BCUT2D eigenvalue weighted by Crippen LogP contribution is -2.26. The van der Waals surface area contributed by atoms with E-state index in [1.807, 2.05) is 0 Å². The van der Waals surface area contributed by atoms with Crippen molar-refractivity contribution < 1.29 is 29.3 Å². The Kier molecular flexibility index (Phi) is 7.75. The monoisotopic (exact) mass is 290 g/mol. The van der Waals surface area contributed by atoms with Crippen molar-refractivity contribution in [2.24, 2.45) is 10.8 Å². The quantitative estimate of drug-likeness (QED) is 0.565. The van der Waals surface area contributed by atoms with Crippen LogP contribution in [-0.4, -0.2) is 48.6 Å². The third kappa shape index (κ3) is 7.45. The van der Waals surface area contributed by atoms with Gasteiger partial charge in [-0.05, 0) is 40.5 Å². The zero-order chi connectivity index (χ0) is 15.8. The molecule has 20 heavy (non-hydrogen) atoms. The van der Waals surface area contributed by atoms with E-state index in [-0.39, 0.29) is 0 Å². The molecule has 0 aliphatic heterocycles. The Bertz CT molecular complexity index is 290. The Morgan fingerprint density at radius 1 is 0.750 bits per heavy atom. The zero-order valence-corrected chi connectivity index (χ0v) is 12.8. The van der Waals surface area contributed by atoms with Crippen LogP contribution in [0.2, 0.25) is 0 Å². The standard InChI is InChI=1S/C14H26O6/c1-13(2,11(15)16)5-7-19-9-10-20-8-6-14(3,4)12(17)18/h5-10H2,1-4H3,(H,15,16)(H,17,18). The normalized spacial score (nSPS) is 12.4. The van der Waals surface area contributed by atoms with Crippen molar-refractivity contribution in [3.63, 3.8) is 0 Å². The lowest BCUT2D eigenvalue weighted by atomic mass is 9.90. The Hall–Kier alpha value is -1.14. The number of aliphatic carboxylic acids is 2. The molecule has 0 aliphatic rings. The van der Waals surface area contributed by atoms with E-state index in [9.17, 15) is 9.59 Å². The maximum Gasteiger partial charge on any atom is 0.309 e. The van der Waals surface area contributed by atoms with Crippen LogP contribution in [0.4, 0.5) is 0 Å². The summed E-state index contributed by atoms with van der Waals surface area (Å²) in [6.07, 6.45) is 0.878. The Morgan fingerprint density at radius 2 is 1.05 bits per heavy atom. The molecular weight excluding hydrogens is 264 g/mol. The number of carbonyl (C=O) groups is 2. The van der Waals surface area contributed by atoms with Gasteiger partial charge in [0.1, 0.15) is 0 Å². The van der Waals surface area contributed by atoms with E-state index in [1.54, 1.807) is 27.7 Å². The number of carboxylic acids is 2. The molecule has 0 atom stereocenters. The molecule has 0 heterocycles. The molecule has 118 valence electrons. The van der Waals surface area contributed by atoms with E-state index in [4.69, 9.17) is 19.7 Å². The summed E-state index contributed by atoms with van der Waals surface area (Å²) in [5.74, 6) is -1.68. The highest BCUT2D eigenvalue weighted by molar-refractivity contribution is 5.73. The van der Waals surface area contributed by atoms with Gasteiger partial charge in [0, 0.05) is 13.2 Å². The van der Waals surface area contributed by atoms with Crippen molar-refractivity contribution in [2.45, 2.75) is 40.5 Å². The van der Waals surface area contributed by atoms with E-state index in [0.29, 0.717) is 39.3 Å². The summed E-state index contributed by atoms with van der Waals surface area (Å²) < 4.78 is 10.6. The molecule has 0 aromatic heterocycles. The molecule has 0 spiro atoms. The fourth-order valence-corrected chi connectivity index (χ4v) is 1.19. The van der Waals surface area contributed by atoms with Gasteiger partial charge >= 0.3 is 11.9 Å². The van der Waals surface area contributed by atoms with Crippen LogP contribution in [0.3, 0.4) is 0 Å². The van der Waals surface area contributed by atoms with Gasteiger partial charge in [-0.2, -0.15) is 0 Å². The molecule has 0 unspecified atom stereocenters. The lowest BCUT2D eigenvalue weighted by Gasteiger charge is -2.19. The van der Waals surface area contributed by atoms with Crippen LogP contribution in [0.5, 0.6) is 0 Å². The van der Waals surface area contributed by atoms with Gasteiger partial charge in [-0.3, -0.25) is 9.59 Å². The van der Waals surface area contributed by atoms with Gasteiger partial charge in [0.15, 0.2) is 0 Å². The fraction of sp³-hybridized carbons (Fsp3) is 0.857. The summed E-state index contributed by atoms with van der Waals surface area (Å²) in [4.78, 5) is 21.7. The molecule has 0 aromatic rings. The van der Waals surface area contributed by atoms with Gasteiger partial charge in [0.25, 0.3) is 0 Å². The summed E-state index contributed by atoms with van der Waals surface area (Å²) in [6, 6.07) is 0. The highest BCUT2D eigenvalue weighted by Crippen LogP contribution is 2.20. The summed E-state index contributed by atoms with van der Waals surface area (Å²) >= 11 is 0. The average molecular weight is 290 g/mol. The van der Waals surface area contributed by atoms with Crippen LogP contribution < -0.4 is 0 Å². The summed E-state index contributed by atoms with van der Waals surface area (Å²) in [5.41, 5.74) is -1.57. The molecule has 0 aromatic carbocycles. The smallest absolute Gasteiger partial charge is 0.309 e. The molecule has 6 heteroatoms. The minimum Gasteiger partial charge on any atom is -0.481 e. The molecule has 6 nitrogen and oxygen atoms in total. The maximum absolute atomic E-state index is 10.8. The first-order chi connectivity index (χ1) is 9.09. The highest BCUT2D eigenvalue weighted by Gasteiger charge is 2.27. The van der Waals surface area contributed by atoms with Crippen molar-refractivity contribution in [1.82, 2.24) is 0 Å². The van der Waals surface area contributed by atoms with E-state index < -0.39 is 22.8 Å². The van der Waals surface area contributed by atoms with Crippen molar-refractivity contribution in [1.29, 1.82) is 0 Å². The second-order valence-corrected chi connectivity index (χ2v) is 6.10. The van der Waals surface area contributed by atoms with E-state index in [2.05, 4.69) is 0 Å². The molecule has 0 amide bonds. The molecule has 2 N–H and O–H groups in total. The van der Waals surface area contributed by atoms with Gasteiger partial charge < -0.3 is 19.7 Å². The summed E-state index contributed by atoms with van der Waals surface area (Å²) in [6.45, 7) is 8.11. The van der Waals surface area contributed by atoms with E-state index >= 15 is 0 Å². The fourth-order valence-electron chi connectivity index (χ4n) is 1.19. The Morgan fingerprint density at radius 3 is 1.30 bits per heavy atom. The first-order valence-electron chi connectivity index (χ1n) is 6.72. The number of rotatable bonds is 11. The average Bonchev–Trinajstić information content (AvgIpc) is 2.31. The number of ether oxygens (including phenoxy) is 2. The number of hydrogen-bond donors (Lipinski definition) is 2. The molecule has 0 bridgehead atoms. The minimum atomic E-state index is -0.840. The van der Waals surface area contributed by atoms with Crippen molar-refractivity contribution >= 4 is 11.9 Å². The third-order valence-electron chi connectivity index (χ3n) is 3.27. The van der Waals surface area contributed by atoms with Gasteiger partial charge in [0.05, 0.1) is 24.0 Å². The SMILES string of the molecule is CC(C)(CCOCCOCCC(C)(C)C(=O)O)C(=O)O. The summed E-state index contributed by atoms with van der Waals surface area (Å²) in [7, 11) is 0. The number of carboxylic acid groups (broad SMARTS) is 2. The van der Waals surface area contributed by atoms with Crippen LogP contribution >= 0.6 is 0 Å². The second-order valence-electron chi connectivity index (χ2n) is 6.10. The van der Waals surface area contributed by atoms with Crippen LogP contribution in [0.25, 0.3) is 0 Å². The highest BCUT2D eigenvalue weighted by atomic mass is 16.5. The predicted octanol–water partition coefficient (Wildman–Crippen LogP) is 2.02. The summed E-state index contributed by atoms with van der Waals surface area (Å²) in [5, 5.41) is 17.8. The van der Waals surface area contributed by atoms with Gasteiger partial charge in [0.2, 0.25) is 0 Å². The first-order valence-corrected chi connectivity index (χ1v) is 6.72. The largest absolute Gasteiger partial charge is 0.481 e. The van der Waals surface area contributed by atoms with E-state index in [1.165, 1.54) is 0 Å².